The molecular weight excluding hydrogens is 312 g/mol. The standard InChI is InChI=1S/C21H24N2O2/c1-14-10-19(25)11-16-12-20(22-17-4-2-3-5-17)23(21(14)16)13-15-6-8-18(24)9-7-15/h6-9,12,17,22,24H,1-5,10-11,13H2. The van der Waals surface area contributed by atoms with Crippen LogP contribution in [0.25, 0.3) is 5.57 Å². The van der Waals surface area contributed by atoms with Crippen LogP contribution in [0.15, 0.2) is 36.9 Å². The molecule has 2 aliphatic rings. The molecule has 0 aliphatic heterocycles. The number of hydrogen-bond donors (Lipinski definition) is 2. The summed E-state index contributed by atoms with van der Waals surface area (Å²) in [6, 6.07) is 9.96. The number of hydrogen-bond acceptors (Lipinski definition) is 3. The molecule has 130 valence electrons. The molecule has 1 aromatic carbocycles. The largest absolute Gasteiger partial charge is 0.508 e. The Morgan fingerprint density at radius 1 is 1.16 bits per heavy atom. The Morgan fingerprint density at radius 2 is 1.88 bits per heavy atom. The highest BCUT2D eigenvalue weighted by atomic mass is 16.3. The fourth-order valence-electron chi connectivity index (χ4n) is 4.10. The van der Waals surface area contributed by atoms with Gasteiger partial charge in [0.05, 0.1) is 0 Å². The van der Waals surface area contributed by atoms with Crippen molar-refractivity contribution in [2.75, 3.05) is 5.32 Å². The van der Waals surface area contributed by atoms with Crippen LogP contribution in [-0.2, 0) is 17.8 Å². The second-order valence-electron chi connectivity index (χ2n) is 7.28. The molecule has 0 atom stereocenters. The van der Waals surface area contributed by atoms with Gasteiger partial charge in [-0.3, -0.25) is 4.79 Å². The van der Waals surface area contributed by atoms with E-state index >= 15 is 0 Å². The number of phenols is 1. The Morgan fingerprint density at radius 3 is 2.60 bits per heavy atom. The third-order valence-corrected chi connectivity index (χ3v) is 5.29. The van der Waals surface area contributed by atoms with Gasteiger partial charge >= 0.3 is 0 Å². The number of Topliss-reactive ketones (excluding diaryl/α,β-unsaturated/α-hetero) is 1. The molecule has 0 bridgehead atoms. The van der Waals surface area contributed by atoms with Crippen molar-refractivity contribution in [3.05, 3.63) is 53.7 Å². The quantitative estimate of drug-likeness (QED) is 0.883. The summed E-state index contributed by atoms with van der Waals surface area (Å²) in [4.78, 5) is 12.0. The molecular formula is C21H24N2O2. The van der Waals surface area contributed by atoms with Gasteiger partial charge in [-0.05, 0) is 47.7 Å². The average molecular weight is 336 g/mol. The second kappa shape index (κ2) is 6.43. The first-order valence-electron chi connectivity index (χ1n) is 9.07. The number of allylic oxidation sites excluding steroid dienone is 1. The zero-order valence-electron chi connectivity index (χ0n) is 14.4. The van der Waals surface area contributed by atoms with E-state index in [4.69, 9.17) is 0 Å². The lowest BCUT2D eigenvalue weighted by molar-refractivity contribution is -0.117. The summed E-state index contributed by atoms with van der Waals surface area (Å²) >= 11 is 0. The summed E-state index contributed by atoms with van der Waals surface area (Å²) in [7, 11) is 0. The summed E-state index contributed by atoms with van der Waals surface area (Å²) in [6.07, 6.45) is 5.90. The van der Waals surface area contributed by atoms with Gasteiger partial charge in [0.15, 0.2) is 0 Å². The van der Waals surface area contributed by atoms with Crippen LogP contribution in [0, 0.1) is 0 Å². The van der Waals surface area contributed by atoms with E-state index in [-0.39, 0.29) is 11.5 Å². The molecule has 0 saturated heterocycles. The first-order chi connectivity index (χ1) is 12.1. The highest BCUT2D eigenvalue weighted by Crippen LogP contribution is 2.35. The van der Waals surface area contributed by atoms with Crippen LogP contribution in [-0.4, -0.2) is 21.5 Å². The Bertz CT molecular complexity index is 811. The van der Waals surface area contributed by atoms with Crippen LogP contribution >= 0.6 is 0 Å². The average Bonchev–Trinajstić information content (AvgIpc) is 3.18. The molecule has 25 heavy (non-hydrogen) atoms. The van der Waals surface area contributed by atoms with E-state index in [0.717, 1.165) is 28.2 Å². The number of phenolic OH excluding ortho intramolecular Hbond substituents is 1. The summed E-state index contributed by atoms with van der Waals surface area (Å²) in [6.45, 7) is 4.86. The Balaban J connectivity index is 1.71. The fraction of sp³-hybridized carbons (Fsp3) is 0.381. The third kappa shape index (κ3) is 3.21. The van der Waals surface area contributed by atoms with E-state index in [9.17, 15) is 9.90 Å². The zero-order chi connectivity index (χ0) is 17.4. The number of carbonyl (C=O) groups excluding carboxylic acids is 1. The molecule has 2 N–H and O–H groups in total. The van der Waals surface area contributed by atoms with Crippen molar-refractivity contribution in [1.29, 1.82) is 0 Å². The van der Waals surface area contributed by atoms with E-state index in [1.165, 1.54) is 25.7 Å². The number of benzene rings is 1. The Kier molecular flexibility index (Phi) is 4.12. The number of nitrogens with zero attached hydrogens (tertiary/aromatic N) is 1. The highest BCUT2D eigenvalue weighted by molar-refractivity contribution is 5.96. The van der Waals surface area contributed by atoms with Crippen molar-refractivity contribution in [3.8, 4) is 5.75 Å². The fourth-order valence-corrected chi connectivity index (χ4v) is 4.10. The van der Waals surface area contributed by atoms with Gasteiger partial charge in [0, 0.05) is 31.1 Å². The van der Waals surface area contributed by atoms with Crippen molar-refractivity contribution in [1.82, 2.24) is 4.57 Å². The molecule has 1 saturated carbocycles. The molecule has 4 rings (SSSR count). The van der Waals surface area contributed by atoms with Gasteiger partial charge in [-0.25, -0.2) is 0 Å². The number of rotatable bonds is 4. The van der Waals surface area contributed by atoms with Crippen molar-refractivity contribution in [2.45, 2.75) is 51.1 Å². The number of ketones is 1. The minimum Gasteiger partial charge on any atom is -0.508 e. The third-order valence-electron chi connectivity index (χ3n) is 5.29. The molecule has 0 radical (unpaired) electrons. The monoisotopic (exact) mass is 336 g/mol. The summed E-state index contributed by atoms with van der Waals surface area (Å²) in [5.74, 6) is 1.60. The van der Waals surface area contributed by atoms with Crippen molar-refractivity contribution >= 4 is 17.2 Å². The van der Waals surface area contributed by atoms with Crippen molar-refractivity contribution < 1.29 is 9.90 Å². The van der Waals surface area contributed by atoms with E-state index in [1.54, 1.807) is 12.1 Å². The van der Waals surface area contributed by atoms with Crippen LogP contribution in [0.4, 0.5) is 5.82 Å². The molecule has 4 nitrogen and oxygen atoms in total. The lowest BCUT2D eigenvalue weighted by atomic mass is 9.93. The minimum atomic E-state index is 0.242. The molecule has 1 aromatic heterocycles. The van der Waals surface area contributed by atoms with E-state index in [0.29, 0.717) is 25.4 Å². The van der Waals surface area contributed by atoms with E-state index in [1.807, 2.05) is 12.1 Å². The number of aromatic nitrogens is 1. The van der Waals surface area contributed by atoms with Gasteiger partial charge in [-0.2, -0.15) is 0 Å². The normalized spacial score (nSPS) is 17.8. The van der Waals surface area contributed by atoms with Crippen molar-refractivity contribution in [2.24, 2.45) is 0 Å². The van der Waals surface area contributed by atoms with Crippen LogP contribution < -0.4 is 5.32 Å². The lowest BCUT2D eigenvalue weighted by Crippen LogP contribution is -2.19. The van der Waals surface area contributed by atoms with Gasteiger partial charge in [0.2, 0.25) is 0 Å². The molecule has 1 fully saturated rings. The van der Waals surface area contributed by atoms with Gasteiger partial charge in [-0.1, -0.05) is 31.6 Å². The molecule has 1 heterocycles. The predicted octanol–water partition coefficient (Wildman–Crippen LogP) is 4.13. The van der Waals surface area contributed by atoms with E-state index < -0.39 is 0 Å². The van der Waals surface area contributed by atoms with Gasteiger partial charge < -0.3 is 15.0 Å². The maximum absolute atomic E-state index is 12.0. The topological polar surface area (TPSA) is 54.3 Å². The number of fused-ring (bicyclic) bond motifs is 1. The van der Waals surface area contributed by atoms with E-state index in [2.05, 4.69) is 22.5 Å². The first kappa shape index (κ1) is 16.0. The predicted molar refractivity (Wildman–Crippen MR) is 99.9 cm³/mol. The van der Waals surface area contributed by atoms with Crippen LogP contribution in [0.5, 0.6) is 5.75 Å². The first-order valence-corrected chi connectivity index (χ1v) is 9.07. The summed E-state index contributed by atoms with van der Waals surface area (Å²) < 4.78 is 2.26. The molecule has 0 amide bonds. The lowest BCUT2D eigenvalue weighted by Gasteiger charge is -2.21. The van der Waals surface area contributed by atoms with Crippen LogP contribution in [0.3, 0.4) is 0 Å². The Labute approximate surface area is 148 Å². The number of nitrogens with one attached hydrogen (secondary N) is 1. The maximum atomic E-state index is 12.0. The van der Waals surface area contributed by atoms with Gasteiger partial charge in [0.25, 0.3) is 0 Å². The highest BCUT2D eigenvalue weighted by Gasteiger charge is 2.26. The summed E-state index contributed by atoms with van der Waals surface area (Å²) in [5, 5.41) is 13.2. The molecule has 4 heteroatoms. The second-order valence-corrected chi connectivity index (χ2v) is 7.28. The van der Waals surface area contributed by atoms with Gasteiger partial charge in [-0.15, -0.1) is 0 Å². The molecule has 2 aromatic rings. The SMILES string of the molecule is C=C1CC(=O)Cc2cc(NC3CCCC3)n(Cc3ccc(O)cc3)c21. The van der Waals surface area contributed by atoms with Crippen LogP contribution in [0.1, 0.15) is 48.9 Å². The number of anilines is 1. The summed E-state index contributed by atoms with van der Waals surface area (Å²) in [5.41, 5.74) is 4.22. The molecule has 0 unspecified atom stereocenters. The number of aromatic hydroxyl groups is 1. The minimum absolute atomic E-state index is 0.242. The zero-order valence-corrected chi connectivity index (χ0v) is 14.4. The smallest absolute Gasteiger partial charge is 0.141 e. The van der Waals surface area contributed by atoms with Gasteiger partial charge in [0.1, 0.15) is 17.4 Å². The van der Waals surface area contributed by atoms with Crippen molar-refractivity contribution in [3.63, 3.8) is 0 Å². The van der Waals surface area contributed by atoms with Crippen LogP contribution in [0.2, 0.25) is 0 Å². The molecule has 2 aliphatic carbocycles. The number of carbonyl (C=O) groups is 1. The molecule has 0 spiro atoms. The maximum Gasteiger partial charge on any atom is 0.141 e. The Hall–Kier alpha value is -2.49.